The van der Waals surface area contributed by atoms with Crippen molar-refractivity contribution in [2.24, 2.45) is 5.92 Å². The molecule has 5 nitrogen and oxygen atoms in total. The van der Waals surface area contributed by atoms with E-state index in [0.717, 1.165) is 0 Å². The minimum atomic E-state index is -5.85. The molecular weight excluding hydrogens is 446 g/mol. The molecule has 0 spiro atoms. The second-order valence-corrected chi connectivity index (χ2v) is 7.34. The van der Waals surface area contributed by atoms with Crippen LogP contribution in [0, 0.1) is 5.92 Å². The quantitative estimate of drug-likeness (QED) is 0.491. The van der Waals surface area contributed by atoms with Gasteiger partial charge in [-0.25, -0.2) is 9.59 Å². The van der Waals surface area contributed by atoms with Gasteiger partial charge in [-0.3, -0.25) is 0 Å². The molecule has 0 N–H and O–H groups in total. The standard InChI is InChI=1S/C21H14F6O5/c22-19(23)14-17(31-16(29)13-9-5-2-6-10-13)32-18(14,20(24,25)21(19,26)27)11-30-15(28)12-7-3-1-4-8-12/h1-10,14,17H,11H2. The first-order chi connectivity index (χ1) is 15.0. The molecule has 1 heterocycles. The Kier molecular flexibility index (Phi) is 5.00. The number of hydrogen-bond acceptors (Lipinski definition) is 5. The monoisotopic (exact) mass is 460 g/mol. The highest BCUT2D eigenvalue weighted by Gasteiger charge is 2.97. The number of halogens is 6. The number of carbonyl (C=O) groups is 2. The summed E-state index contributed by atoms with van der Waals surface area (Å²) in [5.41, 5.74) is -3.85. The maximum absolute atomic E-state index is 14.6. The van der Waals surface area contributed by atoms with Crippen molar-refractivity contribution < 1.29 is 50.1 Å². The highest BCUT2D eigenvalue weighted by atomic mass is 19.3. The van der Waals surface area contributed by atoms with E-state index < -0.39 is 54.1 Å². The maximum atomic E-state index is 14.6. The zero-order chi connectivity index (χ0) is 23.4. The van der Waals surface area contributed by atoms with Crippen LogP contribution in [-0.4, -0.2) is 48.2 Å². The van der Waals surface area contributed by atoms with Crippen molar-refractivity contribution in [1.29, 1.82) is 0 Å². The zero-order valence-electron chi connectivity index (χ0n) is 15.9. The topological polar surface area (TPSA) is 61.8 Å². The minimum absolute atomic E-state index is 0.119. The third-order valence-corrected chi connectivity index (χ3v) is 5.50. The van der Waals surface area contributed by atoms with Crippen LogP contribution in [0.2, 0.25) is 0 Å². The van der Waals surface area contributed by atoms with Gasteiger partial charge in [-0.1, -0.05) is 36.4 Å². The van der Waals surface area contributed by atoms with Crippen LogP contribution < -0.4 is 0 Å². The van der Waals surface area contributed by atoms with Crippen LogP contribution in [0.4, 0.5) is 26.3 Å². The predicted octanol–water partition coefficient (Wildman–Crippen LogP) is 4.33. The molecule has 170 valence electrons. The second kappa shape index (κ2) is 7.22. The van der Waals surface area contributed by atoms with E-state index >= 15 is 0 Å². The molecule has 0 bridgehead atoms. The zero-order valence-corrected chi connectivity index (χ0v) is 15.9. The highest BCUT2D eigenvalue weighted by molar-refractivity contribution is 5.90. The van der Waals surface area contributed by atoms with Gasteiger partial charge in [0.05, 0.1) is 11.1 Å². The normalized spacial score (nSPS) is 28.8. The Morgan fingerprint density at radius 1 is 0.781 bits per heavy atom. The highest BCUT2D eigenvalue weighted by Crippen LogP contribution is 2.71. The molecule has 0 aromatic heterocycles. The average Bonchev–Trinajstić information content (AvgIpc) is 2.81. The lowest BCUT2D eigenvalue weighted by molar-refractivity contribution is -0.397. The fraction of sp³-hybridized carbons (Fsp3) is 0.333. The molecule has 1 saturated carbocycles. The summed E-state index contributed by atoms with van der Waals surface area (Å²) in [5, 5.41) is 0. The lowest BCUT2D eigenvalue weighted by Gasteiger charge is -2.50. The first kappa shape index (κ1) is 22.1. The van der Waals surface area contributed by atoms with E-state index in [4.69, 9.17) is 0 Å². The molecule has 2 aromatic rings. The number of benzene rings is 2. The van der Waals surface area contributed by atoms with Crippen LogP contribution >= 0.6 is 0 Å². The molecule has 0 radical (unpaired) electrons. The number of ether oxygens (including phenoxy) is 3. The summed E-state index contributed by atoms with van der Waals surface area (Å²) in [6.45, 7) is -1.61. The number of fused-ring (bicyclic) bond motifs is 1. The van der Waals surface area contributed by atoms with Crippen molar-refractivity contribution in [1.82, 2.24) is 0 Å². The Hall–Kier alpha value is -3.08. The van der Waals surface area contributed by atoms with Gasteiger partial charge >= 0.3 is 29.7 Å². The number of esters is 2. The second-order valence-electron chi connectivity index (χ2n) is 7.34. The summed E-state index contributed by atoms with van der Waals surface area (Å²) in [6.07, 6.45) is -2.41. The summed E-state index contributed by atoms with van der Waals surface area (Å²) in [6, 6.07) is 13.7. The van der Waals surface area contributed by atoms with Crippen molar-refractivity contribution in [3.05, 3.63) is 71.8 Å². The molecule has 2 fully saturated rings. The lowest BCUT2D eigenvalue weighted by Crippen LogP contribution is -2.70. The van der Waals surface area contributed by atoms with Gasteiger partial charge in [-0.2, -0.15) is 26.3 Å². The summed E-state index contributed by atoms with van der Waals surface area (Å²) in [4.78, 5) is 24.2. The first-order valence-corrected chi connectivity index (χ1v) is 9.25. The number of carbonyl (C=O) groups excluding carboxylic acids is 2. The van der Waals surface area contributed by atoms with Gasteiger partial charge in [-0.15, -0.1) is 0 Å². The third-order valence-electron chi connectivity index (χ3n) is 5.50. The molecule has 2 aromatic carbocycles. The van der Waals surface area contributed by atoms with E-state index in [1.54, 1.807) is 6.07 Å². The van der Waals surface area contributed by atoms with Crippen LogP contribution in [0.5, 0.6) is 0 Å². The summed E-state index contributed by atoms with van der Waals surface area (Å²) in [7, 11) is 0. The summed E-state index contributed by atoms with van der Waals surface area (Å²) >= 11 is 0. The van der Waals surface area contributed by atoms with E-state index in [9.17, 15) is 35.9 Å². The number of rotatable bonds is 5. The van der Waals surface area contributed by atoms with Crippen molar-refractivity contribution in [2.45, 2.75) is 29.7 Å². The number of alkyl halides is 6. The Bertz CT molecular complexity index is 1030. The van der Waals surface area contributed by atoms with E-state index in [2.05, 4.69) is 14.2 Å². The smallest absolute Gasteiger partial charge is 0.375 e. The van der Waals surface area contributed by atoms with E-state index in [-0.39, 0.29) is 11.1 Å². The Balaban J connectivity index is 1.61. The summed E-state index contributed by atoms with van der Waals surface area (Å²) in [5.74, 6) is -22.0. The van der Waals surface area contributed by atoms with Gasteiger partial charge in [0.1, 0.15) is 12.5 Å². The molecular formula is C21H14F6O5. The first-order valence-electron chi connectivity index (χ1n) is 9.25. The SMILES string of the molecule is O=C(OCC12OC(OC(=O)c3ccccc3)C1C(F)(F)C(F)(F)C2(F)F)c1ccccc1. The van der Waals surface area contributed by atoms with Crippen LogP contribution in [0.3, 0.4) is 0 Å². The number of hydrogen-bond donors (Lipinski definition) is 0. The van der Waals surface area contributed by atoms with Gasteiger partial charge in [0.2, 0.25) is 6.29 Å². The maximum Gasteiger partial charge on any atom is 0.375 e. The molecule has 1 aliphatic heterocycles. The molecule has 2 aliphatic rings. The van der Waals surface area contributed by atoms with Crippen LogP contribution in [-0.2, 0) is 14.2 Å². The molecule has 3 atom stereocenters. The Morgan fingerprint density at radius 2 is 1.28 bits per heavy atom. The molecule has 11 heteroatoms. The predicted molar refractivity (Wildman–Crippen MR) is 94.5 cm³/mol. The Labute approximate surface area is 176 Å². The molecule has 3 unspecified atom stereocenters. The van der Waals surface area contributed by atoms with Gasteiger partial charge < -0.3 is 14.2 Å². The summed E-state index contributed by atoms with van der Waals surface area (Å²) < 4.78 is 100. The van der Waals surface area contributed by atoms with Crippen molar-refractivity contribution in [3.8, 4) is 0 Å². The van der Waals surface area contributed by atoms with E-state index in [1.165, 1.54) is 54.6 Å². The molecule has 4 rings (SSSR count). The molecule has 0 amide bonds. The minimum Gasteiger partial charge on any atom is -0.459 e. The van der Waals surface area contributed by atoms with Gasteiger partial charge in [0.25, 0.3) is 0 Å². The van der Waals surface area contributed by atoms with Crippen molar-refractivity contribution >= 4 is 11.9 Å². The van der Waals surface area contributed by atoms with Crippen LogP contribution in [0.15, 0.2) is 60.7 Å². The van der Waals surface area contributed by atoms with Gasteiger partial charge in [-0.05, 0) is 24.3 Å². The lowest BCUT2D eigenvalue weighted by atomic mass is 9.81. The average molecular weight is 460 g/mol. The van der Waals surface area contributed by atoms with E-state index in [1.807, 2.05) is 0 Å². The molecule has 1 saturated heterocycles. The van der Waals surface area contributed by atoms with Gasteiger partial charge in [0, 0.05) is 0 Å². The fourth-order valence-corrected chi connectivity index (χ4v) is 3.78. The van der Waals surface area contributed by atoms with Crippen molar-refractivity contribution in [2.75, 3.05) is 6.61 Å². The Morgan fingerprint density at radius 3 is 1.81 bits per heavy atom. The molecule has 32 heavy (non-hydrogen) atoms. The van der Waals surface area contributed by atoms with E-state index in [0.29, 0.717) is 0 Å². The van der Waals surface area contributed by atoms with Crippen LogP contribution in [0.25, 0.3) is 0 Å². The molecule has 1 aliphatic carbocycles. The third kappa shape index (κ3) is 2.90. The van der Waals surface area contributed by atoms with Crippen LogP contribution in [0.1, 0.15) is 20.7 Å². The fourth-order valence-electron chi connectivity index (χ4n) is 3.78. The van der Waals surface area contributed by atoms with Gasteiger partial charge in [0.15, 0.2) is 5.60 Å². The largest absolute Gasteiger partial charge is 0.459 e. The van der Waals surface area contributed by atoms with Crippen molar-refractivity contribution in [3.63, 3.8) is 0 Å².